The number of aromatic nitrogens is 2. The lowest BCUT2D eigenvalue weighted by Crippen LogP contribution is -2.21. The van der Waals surface area contributed by atoms with Crippen molar-refractivity contribution in [2.24, 2.45) is 0 Å². The third-order valence-electron chi connectivity index (χ3n) is 5.46. The summed E-state index contributed by atoms with van der Waals surface area (Å²) in [5.74, 6) is -0.638. The number of ether oxygens (including phenoxy) is 2. The third-order valence-corrected chi connectivity index (χ3v) is 6.26. The Kier molecular flexibility index (Phi) is 6.81. The van der Waals surface area contributed by atoms with E-state index in [2.05, 4.69) is 10.3 Å². The van der Waals surface area contributed by atoms with Crippen molar-refractivity contribution in [2.75, 3.05) is 19.5 Å². The Bertz CT molecular complexity index is 1490. The molecule has 180 valence electrons. The molecule has 4 rings (SSSR count). The van der Waals surface area contributed by atoms with Gasteiger partial charge in [0.25, 0.3) is 11.5 Å². The largest absolute Gasteiger partial charge is 0.497 e. The Morgan fingerprint density at radius 2 is 1.89 bits per heavy atom. The molecule has 9 nitrogen and oxygen atoms in total. The second-order valence-electron chi connectivity index (χ2n) is 7.54. The number of hydrogen-bond acceptors (Lipinski definition) is 6. The van der Waals surface area contributed by atoms with Gasteiger partial charge in [0.2, 0.25) is 0 Å². The molecule has 11 heteroatoms. The molecule has 2 aromatic carbocycles. The summed E-state index contributed by atoms with van der Waals surface area (Å²) >= 11 is 11.3. The predicted molar refractivity (Wildman–Crippen MR) is 133 cm³/mol. The monoisotopic (exact) mass is 515 g/mol. The Labute approximate surface area is 209 Å². The summed E-state index contributed by atoms with van der Waals surface area (Å²) in [6, 6.07) is 10.0. The smallest absolute Gasteiger partial charge is 0.349 e. The summed E-state index contributed by atoms with van der Waals surface area (Å²) in [5, 5.41) is 10.3. The lowest BCUT2D eigenvalue weighted by atomic mass is 10.1. The minimum Gasteiger partial charge on any atom is -0.497 e. The van der Waals surface area contributed by atoms with Crippen molar-refractivity contribution < 1.29 is 24.2 Å². The van der Waals surface area contributed by atoms with Gasteiger partial charge in [-0.15, -0.1) is 0 Å². The van der Waals surface area contributed by atoms with Gasteiger partial charge in [0.15, 0.2) is 0 Å². The maximum absolute atomic E-state index is 13.1. The van der Waals surface area contributed by atoms with E-state index < -0.39 is 21.9 Å². The second-order valence-corrected chi connectivity index (χ2v) is 8.29. The zero-order valence-electron chi connectivity index (χ0n) is 18.6. The number of fused-ring (bicyclic) bond motifs is 2. The van der Waals surface area contributed by atoms with Crippen LogP contribution in [0.4, 0.5) is 5.69 Å². The number of nitrogens with zero attached hydrogens (tertiary/aromatic N) is 2. The molecule has 1 aliphatic heterocycles. The molecule has 0 aliphatic carbocycles. The van der Waals surface area contributed by atoms with Gasteiger partial charge in [-0.3, -0.25) is 14.2 Å². The molecule has 2 heterocycles. The molecule has 1 aromatic heterocycles. The summed E-state index contributed by atoms with van der Waals surface area (Å²) in [5.41, 5.74) is 2.08. The first kappa shape index (κ1) is 24.3. The van der Waals surface area contributed by atoms with Crippen LogP contribution in [0.25, 0.3) is 22.6 Å². The maximum Gasteiger partial charge on any atom is 0.349 e. The van der Waals surface area contributed by atoms with Crippen LogP contribution in [-0.2, 0) is 16.1 Å². The number of benzene rings is 2. The quantitative estimate of drug-likeness (QED) is 0.474. The first-order valence-corrected chi connectivity index (χ1v) is 11.1. The molecule has 35 heavy (non-hydrogen) atoms. The van der Waals surface area contributed by atoms with Crippen molar-refractivity contribution in [3.05, 3.63) is 68.2 Å². The van der Waals surface area contributed by atoms with E-state index in [-0.39, 0.29) is 11.2 Å². The van der Waals surface area contributed by atoms with E-state index in [1.54, 1.807) is 24.9 Å². The van der Waals surface area contributed by atoms with E-state index in [4.69, 9.17) is 37.8 Å². The molecule has 1 amide bonds. The number of aliphatic carboxylic acids is 1. The van der Waals surface area contributed by atoms with E-state index in [1.807, 2.05) is 18.2 Å². The summed E-state index contributed by atoms with van der Waals surface area (Å²) in [7, 11) is 3.14. The molecule has 0 radical (unpaired) electrons. The van der Waals surface area contributed by atoms with Gasteiger partial charge in [0.1, 0.15) is 27.4 Å². The number of carbonyl (C=O) groups is 2. The van der Waals surface area contributed by atoms with Crippen molar-refractivity contribution in [3.8, 4) is 11.5 Å². The fraction of sp³-hybridized carbons (Fsp3) is 0.167. The van der Waals surface area contributed by atoms with Crippen LogP contribution >= 0.6 is 23.2 Å². The van der Waals surface area contributed by atoms with Crippen molar-refractivity contribution in [1.29, 1.82) is 0 Å². The second kappa shape index (κ2) is 9.81. The molecule has 0 atom stereocenters. The number of rotatable bonds is 6. The minimum absolute atomic E-state index is 0.208. The Morgan fingerprint density at radius 1 is 1.11 bits per heavy atom. The highest BCUT2D eigenvalue weighted by Gasteiger charge is 2.22. The number of carboxylic acids is 1. The number of carboxylic acid groups (broad SMARTS) is 1. The molecule has 2 N–H and O–H groups in total. The van der Waals surface area contributed by atoms with Gasteiger partial charge in [-0.2, -0.15) is 0 Å². The highest BCUT2D eigenvalue weighted by atomic mass is 35.5. The van der Waals surface area contributed by atoms with Gasteiger partial charge in [-0.1, -0.05) is 23.2 Å². The fourth-order valence-electron chi connectivity index (χ4n) is 3.74. The summed E-state index contributed by atoms with van der Waals surface area (Å²) in [6.07, 6.45) is 2.52. The number of hydrogen-bond donors (Lipinski definition) is 2. The Balaban J connectivity index is 1.74. The van der Waals surface area contributed by atoms with Crippen LogP contribution in [0.5, 0.6) is 11.5 Å². The fourth-order valence-corrected chi connectivity index (χ4v) is 3.95. The van der Waals surface area contributed by atoms with E-state index in [9.17, 15) is 14.4 Å². The topological polar surface area (TPSA) is 120 Å². The van der Waals surface area contributed by atoms with Crippen LogP contribution in [0.2, 0.25) is 0 Å². The zero-order valence-corrected chi connectivity index (χ0v) is 20.1. The third kappa shape index (κ3) is 4.73. The SMILES string of the molecule is COc1ccc(/C=C2\CCn3c2nc2cc(NC(=O)/C(Cl)=C(/Cl)C(=O)O)ccc2c3=O)c(OC)c1. The van der Waals surface area contributed by atoms with E-state index in [1.165, 1.54) is 18.2 Å². The van der Waals surface area contributed by atoms with Gasteiger partial charge in [0.05, 0.1) is 25.1 Å². The lowest BCUT2D eigenvalue weighted by molar-refractivity contribution is -0.132. The normalized spacial score (nSPS) is 14.5. The average Bonchev–Trinajstić information content (AvgIpc) is 3.25. The van der Waals surface area contributed by atoms with E-state index in [0.717, 1.165) is 11.1 Å². The Morgan fingerprint density at radius 3 is 2.57 bits per heavy atom. The van der Waals surface area contributed by atoms with Gasteiger partial charge < -0.3 is 19.9 Å². The number of amides is 1. The van der Waals surface area contributed by atoms with Gasteiger partial charge in [0, 0.05) is 23.9 Å². The number of carbonyl (C=O) groups excluding carboxylic acids is 1. The van der Waals surface area contributed by atoms with Gasteiger partial charge in [-0.25, -0.2) is 9.78 Å². The molecular formula is C24H19Cl2N3O6. The first-order chi connectivity index (χ1) is 16.7. The van der Waals surface area contributed by atoms with Crippen LogP contribution in [0, 0.1) is 0 Å². The molecule has 0 saturated carbocycles. The number of nitrogens with one attached hydrogen (secondary N) is 1. The number of methoxy groups -OCH3 is 2. The molecule has 3 aromatic rings. The minimum atomic E-state index is -1.52. The van der Waals surface area contributed by atoms with Gasteiger partial charge in [-0.05, 0) is 48.4 Å². The van der Waals surface area contributed by atoms with Crippen LogP contribution < -0.4 is 20.3 Å². The van der Waals surface area contributed by atoms with Crippen molar-refractivity contribution in [1.82, 2.24) is 9.55 Å². The van der Waals surface area contributed by atoms with Gasteiger partial charge >= 0.3 is 5.97 Å². The van der Waals surface area contributed by atoms with Crippen LogP contribution in [0.1, 0.15) is 17.8 Å². The maximum atomic E-state index is 13.1. The molecule has 0 unspecified atom stereocenters. The summed E-state index contributed by atoms with van der Waals surface area (Å²) in [6.45, 7) is 0.480. The van der Waals surface area contributed by atoms with Crippen molar-refractivity contribution in [3.63, 3.8) is 0 Å². The molecule has 0 saturated heterocycles. The number of anilines is 1. The van der Waals surface area contributed by atoms with Crippen LogP contribution in [0.15, 0.2) is 51.3 Å². The standard InChI is InChI=1S/C24H19Cl2N3O6/c1-34-15-5-3-12(18(11-15)35-2)9-13-7-8-29-21(13)28-17-10-14(4-6-16(17)23(29)31)27-22(30)19(25)20(26)24(32)33/h3-6,9-11H,7-8H2,1-2H3,(H,27,30)(H,32,33)/b13-9+,20-19-. The Hall–Kier alpha value is -3.82. The number of allylic oxidation sites excluding steroid dienone is 1. The van der Waals surface area contributed by atoms with E-state index in [0.29, 0.717) is 41.2 Å². The van der Waals surface area contributed by atoms with Crippen LogP contribution in [0.3, 0.4) is 0 Å². The summed E-state index contributed by atoms with van der Waals surface area (Å²) in [4.78, 5) is 40.9. The highest BCUT2D eigenvalue weighted by molar-refractivity contribution is 6.54. The first-order valence-electron chi connectivity index (χ1n) is 10.3. The highest BCUT2D eigenvalue weighted by Crippen LogP contribution is 2.32. The molecule has 0 fully saturated rings. The van der Waals surface area contributed by atoms with Crippen LogP contribution in [-0.4, -0.2) is 40.8 Å². The van der Waals surface area contributed by atoms with E-state index >= 15 is 0 Å². The average molecular weight is 516 g/mol. The zero-order chi connectivity index (χ0) is 25.3. The van der Waals surface area contributed by atoms with Crippen molar-refractivity contribution in [2.45, 2.75) is 13.0 Å². The molecule has 0 spiro atoms. The molecule has 0 bridgehead atoms. The molecular weight excluding hydrogens is 497 g/mol. The number of halogens is 2. The predicted octanol–water partition coefficient (Wildman–Crippen LogP) is 4.07. The van der Waals surface area contributed by atoms with Crippen molar-refractivity contribution >= 4 is 63.3 Å². The molecule has 1 aliphatic rings. The summed E-state index contributed by atoms with van der Waals surface area (Å²) < 4.78 is 12.3. The lowest BCUT2D eigenvalue weighted by Gasteiger charge is -2.10.